The van der Waals surface area contributed by atoms with Crippen LogP contribution in [0, 0.1) is 0 Å². The lowest BCUT2D eigenvalue weighted by atomic mass is 10.0. The van der Waals surface area contributed by atoms with Gasteiger partial charge in [0, 0.05) is 22.8 Å². The van der Waals surface area contributed by atoms with Crippen LogP contribution in [0.3, 0.4) is 0 Å². The number of alkyl halides is 1. The van der Waals surface area contributed by atoms with Crippen LogP contribution < -0.4 is 0 Å². The molecule has 0 N–H and O–H groups in total. The number of fused-ring (bicyclic) bond motifs is 3. The van der Waals surface area contributed by atoms with Gasteiger partial charge in [-0.1, -0.05) is 18.2 Å². The molecule has 1 amide bonds. The Hall–Kier alpha value is -1.48. The van der Waals surface area contributed by atoms with Crippen molar-refractivity contribution in [3.63, 3.8) is 0 Å². The SMILES string of the molecule is O=C(c1cc2ccccc2o1)N1C2CCC1CC(Cl)C2. The quantitative estimate of drug-likeness (QED) is 0.748. The highest BCUT2D eigenvalue weighted by molar-refractivity contribution is 6.20. The summed E-state index contributed by atoms with van der Waals surface area (Å²) < 4.78 is 5.71. The minimum absolute atomic E-state index is 0.0252. The van der Waals surface area contributed by atoms with Gasteiger partial charge >= 0.3 is 0 Å². The molecule has 0 aliphatic carbocycles. The first-order valence-electron chi connectivity index (χ1n) is 7.17. The third-order valence-electron chi connectivity index (χ3n) is 4.55. The van der Waals surface area contributed by atoms with Gasteiger partial charge in [0.05, 0.1) is 0 Å². The molecule has 3 heterocycles. The van der Waals surface area contributed by atoms with Crippen molar-refractivity contribution in [2.75, 3.05) is 0 Å². The summed E-state index contributed by atoms with van der Waals surface area (Å²) in [5.41, 5.74) is 0.774. The lowest BCUT2D eigenvalue weighted by Gasteiger charge is -2.36. The van der Waals surface area contributed by atoms with E-state index in [1.807, 2.05) is 35.2 Å². The highest BCUT2D eigenvalue weighted by Crippen LogP contribution is 2.39. The second-order valence-corrected chi connectivity index (χ2v) is 6.43. The Bertz CT molecular complexity index is 618. The molecule has 1 aromatic carbocycles. The number of nitrogens with zero attached hydrogens (tertiary/aromatic N) is 1. The van der Waals surface area contributed by atoms with E-state index in [1.54, 1.807) is 0 Å². The van der Waals surface area contributed by atoms with Gasteiger partial charge in [-0.25, -0.2) is 0 Å². The van der Waals surface area contributed by atoms with E-state index in [4.69, 9.17) is 16.0 Å². The van der Waals surface area contributed by atoms with Crippen LogP contribution in [0.15, 0.2) is 34.7 Å². The summed E-state index contributed by atoms with van der Waals surface area (Å²) in [4.78, 5) is 14.7. The van der Waals surface area contributed by atoms with Crippen LogP contribution in [0.25, 0.3) is 11.0 Å². The number of hydrogen-bond acceptors (Lipinski definition) is 2. The van der Waals surface area contributed by atoms with Crippen LogP contribution in [0.4, 0.5) is 0 Å². The number of para-hydroxylation sites is 1. The second-order valence-electron chi connectivity index (χ2n) is 5.81. The van der Waals surface area contributed by atoms with Gasteiger partial charge in [-0.05, 0) is 37.8 Å². The number of halogens is 1. The number of carbonyl (C=O) groups excluding carboxylic acids is 1. The fraction of sp³-hybridized carbons (Fsp3) is 0.438. The van der Waals surface area contributed by atoms with Crippen molar-refractivity contribution in [3.8, 4) is 0 Å². The van der Waals surface area contributed by atoms with E-state index >= 15 is 0 Å². The molecule has 2 saturated heterocycles. The molecule has 2 unspecified atom stereocenters. The molecule has 4 rings (SSSR count). The fourth-order valence-corrected chi connectivity index (χ4v) is 4.07. The molecule has 2 aromatic rings. The zero-order chi connectivity index (χ0) is 13.7. The number of amides is 1. The Kier molecular flexibility index (Phi) is 2.77. The summed E-state index contributed by atoms with van der Waals surface area (Å²) in [5.74, 6) is 0.480. The first-order chi connectivity index (χ1) is 9.72. The first kappa shape index (κ1) is 12.3. The molecule has 2 atom stereocenters. The standard InChI is InChI=1S/C16H16ClNO2/c17-11-8-12-5-6-13(9-11)18(12)16(19)15-7-10-3-1-2-4-14(10)20-15/h1-4,7,11-13H,5-6,8-9H2. The molecule has 1 aromatic heterocycles. The Morgan fingerprint density at radius 2 is 1.90 bits per heavy atom. The topological polar surface area (TPSA) is 33.5 Å². The lowest BCUT2D eigenvalue weighted by Crippen LogP contribution is -2.46. The summed E-state index contributed by atoms with van der Waals surface area (Å²) >= 11 is 6.27. The largest absolute Gasteiger partial charge is 0.451 e. The molecule has 4 heteroatoms. The third kappa shape index (κ3) is 1.84. The molecule has 0 saturated carbocycles. The van der Waals surface area contributed by atoms with Crippen LogP contribution in [0.5, 0.6) is 0 Å². The van der Waals surface area contributed by atoms with E-state index in [0.29, 0.717) is 5.76 Å². The molecule has 2 fully saturated rings. The van der Waals surface area contributed by atoms with Gasteiger partial charge < -0.3 is 9.32 Å². The lowest BCUT2D eigenvalue weighted by molar-refractivity contribution is 0.0569. The maximum absolute atomic E-state index is 12.7. The Balaban J connectivity index is 1.67. The smallest absolute Gasteiger partial charge is 0.290 e. The van der Waals surface area contributed by atoms with Crippen molar-refractivity contribution in [2.45, 2.75) is 43.1 Å². The minimum Gasteiger partial charge on any atom is -0.451 e. The van der Waals surface area contributed by atoms with E-state index in [2.05, 4.69) is 0 Å². The van der Waals surface area contributed by atoms with Crippen molar-refractivity contribution in [1.82, 2.24) is 4.90 Å². The summed E-state index contributed by atoms with van der Waals surface area (Å²) in [6, 6.07) is 10.2. The molecule has 2 aliphatic rings. The van der Waals surface area contributed by atoms with Gasteiger partial charge in [-0.3, -0.25) is 4.79 Å². The number of benzene rings is 1. The highest BCUT2D eigenvalue weighted by Gasteiger charge is 2.43. The number of piperidine rings is 1. The second kappa shape index (κ2) is 4.52. The summed E-state index contributed by atoms with van der Waals surface area (Å²) in [7, 11) is 0. The normalized spacial score (nSPS) is 29.1. The van der Waals surface area contributed by atoms with Crippen molar-refractivity contribution < 1.29 is 9.21 Å². The van der Waals surface area contributed by atoms with Gasteiger partial charge in [0.25, 0.3) is 5.91 Å². The summed E-state index contributed by atoms with van der Waals surface area (Å²) in [6.07, 6.45) is 3.95. The molecule has 2 bridgehead atoms. The average Bonchev–Trinajstić information content (AvgIpc) is 2.98. The van der Waals surface area contributed by atoms with E-state index in [-0.39, 0.29) is 23.4 Å². The van der Waals surface area contributed by atoms with Crippen molar-refractivity contribution in [3.05, 3.63) is 36.1 Å². The van der Waals surface area contributed by atoms with Gasteiger partial charge in [-0.15, -0.1) is 11.6 Å². The summed E-state index contributed by atoms with van der Waals surface area (Å²) in [6.45, 7) is 0. The predicted octanol–water partition coefficient (Wildman–Crippen LogP) is 3.81. The molecular weight excluding hydrogens is 274 g/mol. The van der Waals surface area contributed by atoms with Crippen LogP contribution in [-0.4, -0.2) is 28.3 Å². The van der Waals surface area contributed by atoms with Crippen LogP contribution in [0.2, 0.25) is 0 Å². The van der Waals surface area contributed by atoms with Gasteiger partial charge in [0.1, 0.15) is 5.58 Å². The highest BCUT2D eigenvalue weighted by atomic mass is 35.5. The maximum atomic E-state index is 12.7. The number of carbonyl (C=O) groups is 1. The fourth-order valence-electron chi connectivity index (χ4n) is 3.66. The van der Waals surface area contributed by atoms with Crippen molar-refractivity contribution in [2.24, 2.45) is 0 Å². The van der Waals surface area contributed by atoms with E-state index in [1.165, 1.54) is 0 Å². The van der Waals surface area contributed by atoms with Crippen molar-refractivity contribution >= 4 is 28.5 Å². The molecule has 104 valence electrons. The average molecular weight is 290 g/mol. The zero-order valence-corrected chi connectivity index (χ0v) is 11.8. The summed E-state index contributed by atoms with van der Waals surface area (Å²) in [5, 5.41) is 1.20. The van der Waals surface area contributed by atoms with E-state index < -0.39 is 0 Å². The molecule has 3 nitrogen and oxygen atoms in total. The Labute approximate surface area is 122 Å². The van der Waals surface area contributed by atoms with Crippen LogP contribution in [-0.2, 0) is 0 Å². The first-order valence-corrected chi connectivity index (χ1v) is 7.61. The van der Waals surface area contributed by atoms with Crippen LogP contribution >= 0.6 is 11.6 Å². The van der Waals surface area contributed by atoms with Crippen molar-refractivity contribution in [1.29, 1.82) is 0 Å². The van der Waals surface area contributed by atoms with E-state index in [0.717, 1.165) is 36.7 Å². The third-order valence-corrected chi connectivity index (χ3v) is 4.90. The van der Waals surface area contributed by atoms with E-state index in [9.17, 15) is 4.79 Å². The molecule has 2 aliphatic heterocycles. The number of furan rings is 1. The molecular formula is C16H16ClNO2. The van der Waals surface area contributed by atoms with Crippen LogP contribution in [0.1, 0.15) is 36.2 Å². The minimum atomic E-state index is 0.0252. The predicted molar refractivity (Wildman–Crippen MR) is 78.1 cm³/mol. The molecule has 20 heavy (non-hydrogen) atoms. The monoisotopic (exact) mass is 289 g/mol. The Morgan fingerprint density at radius 1 is 1.20 bits per heavy atom. The molecule has 0 spiro atoms. The number of hydrogen-bond donors (Lipinski definition) is 0. The molecule has 0 radical (unpaired) electrons. The number of rotatable bonds is 1. The van der Waals surface area contributed by atoms with Gasteiger partial charge in [0.2, 0.25) is 0 Å². The van der Waals surface area contributed by atoms with Gasteiger partial charge in [-0.2, -0.15) is 0 Å². The Morgan fingerprint density at radius 3 is 2.60 bits per heavy atom. The zero-order valence-electron chi connectivity index (χ0n) is 11.1. The maximum Gasteiger partial charge on any atom is 0.290 e. The van der Waals surface area contributed by atoms with Gasteiger partial charge in [0.15, 0.2) is 5.76 Å².